The Morgan fingerprint density at radius 3 is 2.94 bits per heavy atom. The van der Waals surface area contributed by atoms with Crippen LogP contribution in [0.25, 0.3) is 0 Å². The van der Waals surface area contributed by atoms with E-state index in [1.165, 1.54) is 0 Å². The minimum absolute atomic E-state index is 0.378. The predicted octanol–water partition coefficient (Wildman–Crippen LogP) is 0.723. The maximum atomic E-state index is 11.2. The van der Waals surface area contributed by atoms with Crippen molar-refractivity contribution in [3.8, 4) is 0 Å². The Morgan fingerprint density at radius 1 is 1.50 bits per heavy atom. The number of amides is 1. The zero-order valence-corrected chi connectivity index (χ0v) is 9.28. The maximum Gasteiger partial charge on any atom is 0.250 e. The number of nitrogens with one attached hydrogen (secondary N) is 1. The molecule has 0 atom stereocenters. The molecule has 0 spiro atoms. The van der Waals surface area contributed by atoms with Crippen molar-refractivity contribution in [2.75, 3.05) is 13.1 Å². The number of nitrogens with zero attached hydrogens (tertiary/aromatic N) is 1. The van der Waals surface area contributed by atoms with Crippen molar-refractivity contribution < 1.29 is 4.79 Å². The van der Waals surface area contributed by atoms with Crippen LogP contribution in [0, 0.1) is 5.92 Å². The first-order valence-corrected chi connectivity index (χ1v) is 5.72. The molecule has 86 valence electrons. The third-order valence-corrected chi connectivity index (χ3v) is 3.10. The van der Waals surface area contributed by atoms with Gasteiger partial charge >= 0.3 is 0 Å². The van der Waals surface area contributed by atoms with Gasteiger partial charge in [0.05, 0.1) is 11.3 Å². The van der Waals surface area contributed by atoms with E-state index in [1.807, 2.05) is 0 Å². The van der Waals surface area contributed by atoms with Gasteiger partial charge in [0, 0.05) is 6.20 Å². The van der Waals surface area contributed by atoms with Crippen molar-refractivity contribution >= 4 is 5.91 Å². The average Bonchev–Trinajstić information content (AvgIpc) is 2.31. The normalized spacial score (nSPS) is 17.2. The van der Waals surface area contributed by atoms with Gasteiger partial charge in [-0.2, -0.15) is 0 Å². The molecule has 1 saturated heterocycles. The van der Waals surface area contributed by atoms with Gasteiger partial charge in [-0.15, -0.1) is 0 Å². The molecule has 3 N–H and O–H groups in total. The molecule has 0 saturated carbocycles. The summed E-state index contributed by atoms with van der Waals surface area (Å²) in [6.45, 7) is 2.12. The average molecular weight is 219 g/mol. The summed E-state index contributed by atoms with van der Waals surface area (Å²) in [5.41, 5.74) is 6.75. The summed E-state index contributed by atoms with van der Waals surface area (Å²) >= 11 is 0. The second-order valence-corrected chi connectivity index (χ2v) is 4.26. The molecule has 16 heavy (non-hydrogen) atoms. The van der Waals surface area contributed by atoms with Crippen LogP contribution in [-0.2, 0) is 6.42 Å². The highest BCUT2D eigenvalue weighted by molar-refractivity contribution is 5.93. The third kappa shape index (κ3) is 2.58. The van der Waals surface area contributed by atoms with Gasteiger partial charge in [-0.3, -0.25) is 9.78 Å². The molecule has 0 bridgehead atoms. The highest BCUT2D eigenvalue weighted by Crippen LogP contribution is 2.18. The number of nitrogens with two attached hydrogens (primary N) is 1. The molecule has 1 amide bonds. The Labute approximate surface area is 95.3 Å². The first kappa shape index (κ1) is 11.1. The summed E-state index contributed by atoms with van der Waals surface area (Å²) in [5, 5.41) is 3.33. The summed E-state index contributed by atoms with van der Waals surface area (Å²) in [5.74, 6) is 0.242. The lowest BCUT2D eigenvalue weighted by atomic mass is 9.91. The van der Waals surface area contributed by atoms with E-state index in [0.717, 1.165) is 38.0 Å². The lowest BCUT2D eigenvalue weighted by molar-refractivity contribution is 0.0998. The van der Waals surface area contributed by atoms with E-state index in [0.29, 0.717) is 11.5 Å². The second-order valence-electron chi connectivity index (χ2n) is 4.26. The van der Waals surface area contributed by atoms with Crippen LogP contribution in [0.4, 0.5) is 0 Å². The molecule has 1 fully saturated rings. The summed E-state index contributed by atoms with van der Waals surface area (Å²) < 4.78 is 0. The molecule has 2 rings (SSSR count). The molecule has 1 aromatic heterocycles. The van der Waals surface area contributed by atoms with E-state index in [2.05, 4.69) is 10.3 Å². The fraction of sp³-hybridized carbons (Fsp3) is 0.500. The fourth-order valence-corrected chi connectivity index (χ4v) is 2.18. The summed E-state index contributed by atoms with van der Waals surface area (Å²) in [6, 6.07) is 3.51. The molecular formula is C12H17N3O. The van der Waals surface area contributed by atoms with Gasteiger partial charge in [-0.25, -0.2) is 0 Å². The molecule has 0 aromatic carbocycles. The van der Waals surface area contributed by atoms with Crippen molar-refractivity contribution in [2.45, 2.75) is 19.3 Å². The van der Waals surface area contributed by atoms with Crippen molar-refractivity contribution in [2.24, 2.45) is 11.7 Å². The molecule has 4 heteroatoms. The summed E-state index contributed by atoms with van der Waals surface area (Å²) in [4.78, 5) is 15.5. The van der Waals surface area contributed by atoms with Crippen molar-refractivity contribution in [1.82, 2.24) is 10.3 Å². The first-order chi connectivity index (χ1) is 7.77. The molecule has 0 aliphatic carbocycles. The Balaban J connectivity index is 2.10. The Kier molecular flexibility index (Phi) is 3.51. The fourth-order valence-electron chi connectivity index (χ4n) is 2.18. The van der Waals surface area contributed by atoms with E-state index < -0.39 is 0 Å². The molecule has 2 heterocycles. The van der Waals surface area contributed by atoms with Gasteiger partial charge in [0.1, 0.15) is 0 Å². The summed E-state index contributed by atoms with van der Waals surface area (Å²) in [7, 11) is 0. The number of piperidine rings is 1. The minimum Gasteiger partial charge on any atom is -0.366 e. The highest BCUT2D eigenvalue weighted by Gasteiger charge is 2.17. The first-order valence-electron chi connectivity index (χ1n) is 5.72. The maximum absolute atomic E-state index is 11.2. The number of carbonyl (C=O) groups excluding carboxylic acids is 1. The van der Waals surface area contributed by atoms with Crippen molar-refractivity contribution in [3.05, 3.63) is 29.6 Å². The molecule has 4 nitrogen and oxygen atoms in total. The molecule has 0 unspecified atom stereocenters. The number of hydrogen-bond acceptors (Lipinski definition) is 3. The quantitative estimate of drug-likeness (QED) is 0.787. The van der Waals surface area contributed by atoms with Crippen LogP contribution in [-0.4, -0.2) is 24.0 Å². The van der Waals surface area contributed by atoms with E-state index in [9.17, 15) is 4.79 Å². The van der Waals surface area contributed by atoms with Gasteiger partial charge in [0.2, 0.25) is 0 Å². The van der Waals surface area contributed by atoms with Crippen LogP contribution in [0.15, 0.2) is 18.3 Å². The largest absolute Gasteiger partial charge is 0.366 e. The topological polar surface area (TPSA) is 68.0 Å². The molecule has 1 aliphatic rings. The van der Waals surface area contributed by atoms with Crippen LogP contribution in [0.5, 0.6) is 0 Å². The predicted molar refractivity (Wildman–Crippen MR) is 62.1 cm³/mol. The lowest BCUT2D eigenvalue weighted by Gasteiger charge is -2.22. The second kappa shape index (κ2) is 5.07. The zero-order chi connectivity index (χ0) is 11.4. The van der Waals surface area contributed by atoms with Crippen LogP contribution < -0.4 is 11.1 Å². The van der Waals surface area contributed by atoms with Gasteiger partial charge < -0.3 is 11.1 Å². The van der Waals surface area contributed by atoms with Crippen LogP contribution in [0.1, 0.15) is 28.9 Å². The zero-order valence-electron chi connectivity index (χ0n) is 9.28. The third-order valence-electron chi connectivity index (χ3n) is 3.10. The Bertz CT molecular complexity index is 372. The Morgan fingerprint density at radius 2 is 2.25 bits per heavy atom. The number of pyridine rings is 1. The SMILES string of the molecule is NC(=O)c1cccnc1CC1CCNCC1. The number of rotatable bonds is 3. The van der Waals surface area contributed by atoms with E-state index >= 15 is 0 Å². The number of primary amides is 1. The Hall–Kier alpha value is -1.42. The standard InChI is InChI=1S/C12H17N3O/c13-12(16)10-2-1-5-15-11(10)8-9-3-6-14-7-4-9/h1-2,5,9,14H,3-4,6-8H2,(H2,13,16). The minimum atomic E-state index is -0.378. The number of aromatic nitrogens is 1. The van der Waals surface area contributed by atoms with Crippen molar-refractivity contribution in [1.29, 1.82) is 0 Å². The van der Waals surface area contributed by atoms with Gasteiger partial charge in [0.25, 0.3) is 5.91 Å². The van der Waals surface area contributed by atoms with Gasteiger partial charge in [-0.05, 0) is 50.4 Å². The van der Waals surface area contributed by atoms with E-state index in [1.54, 1.807) is 18.3 Å². The molecular weight excluding hydrogens is 202 g/mol. The molecule has 1 aliphatic heterocycles. The van der Waals surface area contributed by atoms with Crippen LogP contribution in [0.2, 0.25) is 0 Å². The number of hydrogen-bond donors (Lipinski definition) is 2. The smallest absolute Gasteiger partial charge is 0.250 e. The van der Waals surface area contributed by atoms with Crippen LogP contribution >= 0.6 is 0 Å². The van der Waals surface area contributed by atoms with E-state index in [4.69, 9.17) is 5.73 Å². The van der Waals surface area contributed by atoms with Gasteiger partial charge in [0.15, 0.2) is 0 Å². The van der Waals surface area contributed by atoms with Crippen molar-refractivity contribution in [3.63, 3.8) is 0 Å². The van der Waals surface area contributed by atoms with Crippen LogP contribution in [0.3, 0.4) is 0 Å². The molecule has 0 radical (unpaired) electrons. The van der Waals surface area contributed by atoms with Gasteiger partial charge in [-0.1, -0.05) is 0 Å². The highest BCUT2D eigenvalue weighted by atomic mass is 16.1. The summed E-state index contributed by atoms with van der Waals surface area (Å²) in [6.07, 6.45) is 4.88. The number of carbonyl (C=O) groups is 1. The molecule has 1 aromatic rings. The lowest BCUT2D eigenvalue weighted by Crippen LogP contribution is -2.29. The van der Waals surface area contributed by atoms with E-state index in [-0.39, 0.29) is 5.91 Å². The monoisotopic (exact) mass is 219 g/mol.